The number of hydrogen-bond acceptors (Lipinski definition) is 3. The van der Waals surface area contributed by atoms with Crippen molar-refractivity contribution in [3.8, 4) is 0 Å². The molecule has 1 fully saturated rings. The highest BCUT2D eigenvalue weighted by Crippen LogP contribution is 2.26. The highest BCUT2D eigenvalue weighted by atomic mass is 16.5. The van der Waals surface area contributed by atoms with E-state index in [9.17, 15) is 4.79 Å². The Morgan fingerprint density at radius 1 is 1.50 bits per heavy atom. The van der Waals surface area contributed by atoms with Gasteiger partial charge in [-0.3, -0.25) is 10.0 Å². The fourth-order valence-electron chi connectivity index (χ4n) is 1.34. The quantitative estimate of drug-likeness (QED) is 0.351. The zero-order valence-corrected chi connectivity index (χ0v) is 5.76. The number of carbonyl (C=O) groups is 1. The third-order valence-electron chi connectivity index (χ3n) is 2.05. The third-order valence-corrected chi connectivity index (χ3v) is 2.05. The lowest BCUT2D eigenvalue weighted by Crippen LogP contribution is -2.50. The number of hydrogen-bond donors (Lipinski definition) is 3. The molecule has 1 amide bonds. The van der Waals surface area contributed by atoms with Gasteiger partial charge in [-0.05, 0) is 12.8 Å². The van der Waals surface area contributed by atoms with E-state index in [0.29, 0.717) is 12.8 Å². The van der Waals surface area contributed by atoms with Gasteiger partial charge in [-0.1, -0.05) is 12.8 Å². The van der Waals surface area contributed by atoms with E-state index in [0.717, 1.165) is 12.8 Å². The smallest absolute Gasteiger partial charge is 0.263 e. The van der Waals surface area contributed by atoms with Gasteiger partial charge in [0.1, 0.15) is 0 Å². The molecule has 1 aliphatic carbocycles. The summed E-state index contributed by atoms with van der Waals surface area (Å²) in [6.07, 6.45) is 3.31. The molecule has 0 aromatic carbocycles. The van der Waals surface area contributed by atoms with Crippen LogP contribution in [0.25, 0.3) is 0 Å². The molecule has 0 atom stereocenters. The van der Waals surface area contributed by atoms with Crippen molar-refractivity contribution in [2.45, 2.75) is 31.2 Å². The summed E-state index contributed by atoms with van der Waals surface area (Å²) in [5.41, 5.74) is 6.43. The Morgan fingerprint density at radius 2 is 2.00 bits per heavy atom. The van der Waals surface area contributed by atoms with E-state index in [1.54, 1.807) is 5.48 Å². The van der Waals surface area contributed by atoms with Gasteiger partial charge in [0.25, 0.3) is 5.91 Å². The van der Waals surface area contributed by atoms with Gasteiger partial charge in [-0.25, -0.2) is 5.48 Å². The molecule has 4 nitrogen and oxygen atoms in total. The first kappa shape index (κ1) is 7.50. The predicted molar refractivity (Wildman–Crippen MR) is 35.3 cm³/mol. The van der Waals surface area contributed by atoms with Crippen LogP contribution in [0.2, 0.25) is 0 Å². The van der Waals surface area contributed by atoms with E-state index < -0.39 is 11.4 Å². The molecule has 1 aliphatic rings. The normalized spacial score (nSPS) is 22.6. The Labute approximate surface area is 59.4 Å². The molecule has 0 aliphatic heterocycles. The summed E-state index contributed by atoms with van der Waals surface area (Å²) in [4.78, 5) is 10.8. The van der Waals surface area contributed by atoms with Crippen molar-refractivity contribution in [1.29, 1.82) is 0 Å². The lowest BCUT2D eigenvalue weighted by Gasteiger charge is -2.19. The van der Waals surface area contributed by atoms with Gasteiger partial charge in [0, 0.05) is 0 Å². The van der Waals surface area contributed by atoms with Gasteiger partial charge < -0.3 is 5.73 Å². The minimum Gasteiger partial charge on any atom is -0.317 e. The highest BCUT2D eigenvalue weighted by molar-refractivity contribution is 5.85. The van der Waals surface area contributed by atoms with Crippen LogP contribution in [0.15, 0.2) is 0 Å². The molecule has 0 unspecified atom stereocenters. The van der Waals surface area contributed by atoms with Crippen LogP contribution in [-0.2, 0) is 4.79 Å². The molecular formula is C6H12N2O2. The predicted octanol–water partition coefficient (Wildman–Crippen LogP) is -0.237. The number of nitrogens with one attached hydrogen (secondary N) is 1. The molecule has 4 heteroatoms. The van der Waals surface area contributed by atoms with Crippen LogP contribution in [0.4, 0.5) is 0 Å². The zero-order chi connectivity index (χ0) is 7.61. The number of carbonyl (C=O) groups excluding carboxylic acids is 1. The van der Waals surface area contributed by atoms with Crippen LogP contribution in [0.5, 0.6) is 0 Å². The second kappa shape index (κ2) is 2.56. The van der Waals surface area contributed by atoms with Gasteiger partial charge in [0.2, 0.25) is 0 Å². The lowest BCUT2D eigenvalue weighted by molar-refractivity contribution is -0.134. The van der Waals surface area contributed by atoms with Crippen LogP contribution in [0.1, 0.15) is 25.7 Å². The van der Waals surface area contributed by atoms with Crippen molar-refractivity contribution in [3.63, 3.8) is 0 Å². The van der Waals surface area contributed by atoms with Crippen LogP contribution in [0.3, 0.4) is 0 Å². The first-order valence-electron chi connectivity index (χ1n) is 3.42. The lowest BCUT2D eigenvalue weighted by atomic mass is 9.99. The average molecular weight is 144 g/mol. The van der Waals surface area contributed by atoms with Crippen LogP contribution in [0, 0.1) is 0 Å². The minimum atomic E-state index is -0.797. The molecule has 0 heterocycles. The van der Waals surface area contributed by atoms with E-state index in [-0.39, 0.29) is 0 Å². The second-order valence-corrected chi connectivity index (χ2v) is 2.80. The Balaban J connectivity index is 2.58. The van der Waals surface area contributed by atoms with Crippen molar-refractivity contribution in [3.05, 3.63) is 0 Å². The molecule has 0 aromatic heterocycles. The van der Waals surface area contributed by atoms with Crippen LogP contribution < -0.4 is 11.2 Å². The summed E-state index contributed by atoms with van der Waals surface area (Å²) < 4.78 is 0. The number of rotatable bonds is 1. The molecule has 0 radical (unpaired) electrons. The van der Waals surface area contributed by atoms with E-state index in [1.807, 2.05) is 0 Å². The summed E-state index contributed by atoms with van der Waals surface area (Å²) in [6, 6.07) is 0. The topological polar surface area (TPSA) is 75.4 Å². The molecule has 1 saturated carbocycles. The molecule has 0 bridgehead atoms. The molecular weight excluding hydrogens is 132 g/mol. The monoisotopic (exact) mass is 144 g/mol. The zero-order valence-electron chi connectivity index (χ0n) is 5.76. The van der Waals surface area contributed by atoms with Gasteiger partial charge in [-0.2, -0.15) is 0 Å². The SMILES string of the molecule is NC1(C(=O)NO)CCCC1. The van der Waals surface area contributed by atoms with Gasteiger partial charge >= 0.3 is 0 Å². The summed E-state index contributed by atoms with van der Waals surface area (Å²) in [5.74, 6) is -0.454. The Hall–Kier alpha value is -0.610. The fraction of sp³-hybridized carbons (Fsp3) is 0.833. The highest BCUT2D eigenvalue weighted by Gasteiger charge is 2.36. The number of amides is 1. The van der Waals surface area contributed by atoms with E-state index >= 15 is 0 Å². The van der Waals surface area contributed by atoms with E-state index in [1.165, 1.54) is 0 Å². The Kier molecular flexibility index (Phi) is 1.92. The molecule has 0 aromatic rings. The van der Waals surface area contributed by atoms with Crippen LogP contribution in [-0.4, -0.2) is 16.7 Å². The molecule has 58 valence electrons. The van der Waals surface area contributed by atoms with Gasteiger partial charge in [0.05, 0.1) is 5.54 Å². The molecule has 1 rings (SSSR count). The third kappa shape index (κ3) is 1.12. The average Bonchev–Trinajstić information content (AvgIpc) is 2.36. The first-order chi connectivity index (χ1) is 4.69. The van der Waals surface area contributed by atoms with Crippen molar-refractivity contribution in [1.82, 2.24) is 5.48 Å². The summed E-state index contributed by atoms with van der Waals surface area (Å²) in [5, 5.41) is 8.28. The van der Waals surface area contributed by atoms with Gasteiger partial charge in [-0.15, -0.1) is 0 Å². The van der Waals surface area contributed by atoms with Crippen molar-refractivity contribution in [2.75, 3.05) is 0 Å². The largest absolute Gasteiger partial charge is 0.317 e. The molecule has 0 spiro atoms. The molecule has 4 N–H and O–H groups in total. The van der Waals surface area contributed by atoms with Crippen molar-refractivity contribution < 1.29 is 10.0 Å². The summed E-state index contributed by atoms with van der Waals surface area (Å²) in [7, 11) is 0. The maximum absolute atomic E-state index is 10.8. The minimum absolute atomic E-state index is 0.454. The molecule has 10 heavy (non-hydrogen) atoms. The van der Waals surface area contributed by atoms with Crippen molar-refractivity contribution in [2.24, 2.45) is 5.73 Å². The van der Waals surface area contributed by atoms with E-state index in [2.05, 4.69) is 0 Å². The summed E-state index contributed by atoms with van der Waals surface area (Å²) in [6.45, 7) is 0. The second-order valence-electron chi connectivity index (χ2n) is 2.80. The Morgan fingerprint density at radius 3 is 2.40 bits per heavy atom. The number of nitrogens with two attached hydrogens (primary N) is 1. The maximum Gasteiger partial charge on any atom is 0.263 e. The van der Waals surface area contributed by atoms with Crippen molar-refractivity contribution >= 4 is 5.91 Å². The van der Waals surface area contributed by atoms with Gasteiger partial charge in [0.15, 0.2) is 0 Å². The Bertz CT molecular complexity index is 141. The standard InChI is InChI=1S/C6H12N2O2/c7-6(5(9)8-10)3-1-2-4-6/h10H,1-4,7H2,(H,8,9). The number of hydroxylamine groups is 1. The van der Waals surface area contributed by atoms with E-state index in [4.69, 9.17) is 10.9 Å². The molecule has 0 saturated heterocycles. The fourth-order valence-corrected chi connectivity index (χ4v) is 1.34. The maximum atomic E-state index is 10.8. The van der Waals surface area contributed by atoms with Crippen LogP contribution >= 0.6 is 0 Å². The first-order valence-corrected chi connectivity index (χ1v) is 3.42. The summed E-state index contributed by atoms with van der Waals surface area (Å²) >= 11 is 0.